The van der Waals surface area contributed by atoms with Gasteiger partial charge in [-0.1, -0.05) is 12.1 Å². The summed E-state index contributed by atoms with van der Waals surface area (Å²) >= 11 is 1.79. The molecular weight excluding hydrogens is 310 g/mol. The van der Waals surface area contributed by atoms with Gasteiger partial charge in [0.25, 0.3) is 5.91 Å². The zero-order chi connectivity index (χ0) is 16.1. The SMILES string of the molecule is NC(=O)c1cccc(C[C@@H]2COCCN(Cc3cccs3)C2)n1. The molecule has 2 aromatic rings. The van der Waals surface area contributed by atoms with Crippen molar-refractivity contribution in [3.8, 4) is 0 Å². The van der Waals surface area contributed by atoms with E-state index in [1.807, 2.05) is 12.1 Å². The third-order valence-electron chi connectivity index (χ3n) is 3.94. The number of aromatic nitrogens is 1. The normalized spacial score (nSPS) is 19.4. The number of carbonyl (C=O) groups excluding carboxylic acids is 1. The maximum atomic E-state index is 11.3. The van der Waals surface area contributed by atoms with Crippen molar-refractivity contribution >= 4 is 17.2 Å². The molecule has 0 bridgehead atoms. The summed E-state index contributed by atoms with van der Waals surface area (Å²) in [5.74, 6) is -0.114. The van der Waals surface area contributed by atoms with Crippen molar-refractivity contribution in [3.63, 3.8) is 0 Å². The molecule has 1 atom stereocenters. The molecule has 1 aliphatic rings. The van der Waals surface area contributed by atoms with Gasteiger partial charge in [-0.05, 0) is 30.0 Å². The number of amides is 1. The fourth-order valence-corrected chi connectivity index (χ4v) is 3.62. The van der Waals surface area contributed by atoms with Gasteiger partial charge in [0.15, 0.2) is 0 Å². The fraction of sp³-hybridized carbons (Fsp3) is 0.412. The Balaban J connectivity index is 1.64. The van der Waals surface area contributed by atoms with Gasteiger partial charge in [0, 0.05) is 36.1 Å². The lowest BCUT2D eigenvalue weighted by Gasteiger charge is -2.22. The monoisotopic (exact) mass is 331 g/mol. The van der Waals surface area contributed by atoms with Crippen molar-refractivity contribution in [1.29, 1.82) is 0 Å². The van der Waals surface area contributed by atoms with E-state index in [9.17, 15) is 4.79 Å². The number of nitrogens with two attached hydrogens (primary N) is 1. The Morgan fingerprint density at radius 2 is 2.30 bits per heavy atom. The number of hydrogen-bond donors (Lipinski definition) is 1. The van der Waals surface area contributed by atoms with E-state index in [0.29, 0.717) is 11.6 Å². The summed E-state index contributed by atoms with van der Waals surface area (Å²) < 4.78 is 5.75. The standard InChI is InChI=1S/C17H21N3O2S/c18-17(21)16-5-1-3-14(19-16)9-13-10-20(6-7-22-12-13)11-15-4-2-8-23-15/h1-5,8,13H,6-7,9-12H2,(H2,18,21)/t13-/m0/s1. The first-order valence-electron chi connectivity index (χ1n) is 7.79. The largest absolute Gasteiger partial charge is 0.380 e. The van der Waals surface area contributed by atoms with Crippen LogP contribution in [-0.4, -0.2) is 42.1 Å². The number of nitrogens with zero attached hydrogens (tertiary/aromatic N) is 2. The minimum absolute atomic E-state index is 0.326. The van der Waals surface area contributed by atoms with Crippen LogP contribution in [0, 0.1) is 5.92 Å². The van der Waals surface area contributed by atoms with E-state index in [2.05, 4.69) is 27.4 Å². The maximum Gasteiger partial charge on any atom is 0.267 e. The Kier molecular flexibility index (Phi) is 5.38. The van der Waals surface area contributed by atoms with Gasteiger partial charge in [-0.3, -0.25) is 9.69 Å². The van der Waals surface area contributed by atoms with Crippen molar-refractivity contribution in [2.75, 3.05) is 26.3 Å². The predicted octanol–water partition coefficient (Wildman–Crippen LogP) is 1.93. The van der Waals surface area contributed by atoms with E-state index in [0.717, 1.165) is 45.0 Å². The molecule has 0 aliphatic carbocycles. The Hall–Kier alpha value is -1.76. The molecule has 1 saturated heterocycles. The van der Waals surface area contributed by atoms with Gasteiger partial charge in [0.2, 0.25) is 0 Å². The van der Waals surface area contributed by atoms with Gasteiger partial charge < -0.3 is 10.5 Å². The highest BCUT2D eigenvalue weighted by molar-refractivity contribution is 7.09. The molecule has 122 valence electrons. The topological polar surface area (TPSA) is 68.5 Å². The summed E-state index contributed by atoms with van der Waals surface area (Å²) in [6.45, 7) is 4.37. The maximum absolute atomic E-state index is 11.3. The van der Waals surface area contributed by atoms with E-state index >= 15 is 0 Å². The molecule has 2 aromatic heterocycles. The third kappa shape index (κ3) is 4.60. The van der Waals surface area contributed by atoms with Gasteiger partial charge in [-0.2, -0.15) is 0 Å². The molecule has 0 aromatic carbocycles. The number of thiophene rings is 1. The van der Waals surface area contributed by atoms with Crippen LogP contribution in [0.3, 0.4) is 0 Å². The minimum atomic E-state index is -0.483. The minimum Gasteiger partial charge on any atom is -0.380 e. The molecule has 0 unspecified atom stereocenters. The highest BCUT2D eigenvalue weighted by Crippen LogP contribution is 2.17. The Labute approximate surface area is 140 Å². The van der Waals surface area contributed by atoms with E-state index in [1.54, 1.807) is 17.4 Å². The van der Waals surface area contributed by atoms with Crippen molar-refractivity contribution < 1.29 is 9.53 Å². The fourth-order valence-electron chi connectivity index (χ4n) is 2.87. The molecular formula is C17H21N3O2S. The summed E-state index contributed by atoms with van der Waals surface area (Å²) in [6.07, 6.45) is 0.794. The van der Waals surface area contributed by atoms with E-state index in [-0.39, 0.29) is 0 Å². The number of hydrogen-bond acceptors (Lipinski definition) is 5. The quantitative estimate of drug-likeness (QED) is 0.909. The summed E-state index contributed by atoms with van der Waals surface area (Å²) in [6, 6.07) is 9.69. The first-order chi connectivity index (χ1) is 11.2. The molecule has 23 heavy (non-hydrogen) atoms. The van der Waals surface area contributed by atoms with Gasteiger partial charge in [0.05, 0.1) is 13.2 Å². The smallest absolute Gasteiger partial charge is 0.267 e. The lowest BCUT2D eigenvalue weighted by molar-refractivity contribution is 0.0995. The Bertz CT molecular complexity index is 645. The summed E-state index contributed by atoms with van der Waals surface area (Å²) in [5, 5.41) is 2.11. The zero-order valence-corrected chi connectivity index (χ0v) is 13.8. The van der Waals surface area contributed by atoms with Crippen LogP contribution in [0.15, 0.2) is 35.7 Å². The van der Waals surface area contributed by atoms with Gasteiger partial charge in [-0.25, -0.2) is 4.98 Å². The van der Waals surface area contributed by atoms with Crippen molar-refractivity contribution in [2.24, 2.45) is 11.7 Å². The third-order valence-corrected chi connectivity index (χ3v) is 4.80. The highest BCUT2D eigenvalue weighted by atomic mass is 32.1. The van der Waals surface area contributed by atoms with E-state index in [4.69, 9.17) is 10.5 Å². The average Bonchev–Trinajstić information content (AvgIpc) is 2.94. The molecule has 0 saturated carbocycles. The molecule has 3 rings (SSSR count). The second kappa shape index (κ2) is 7.68. The van der Waals surface area contributed by atoms with E-state index < -0.39 is 5.91 Å². The number of ether oxygens (including phenoxy) is 1. The average molecular weight is 331 g/mol. The van der Waals surface area contributed by atoms with Crippen LogP contribution in [0.1, 0.15) is 21.1 Å². The van der Waals surface area contributed by atoms with Gasteiger partial charge in [0.1, 0.15) is 5.69 Å². The van der Waals surface area contributed by atoms with Crippen LogP contribution in [0.2, 0.25) is 0 Å². The van der Waals surface area contributed by atoms with Crippen molar-refractivity contribution in [1.82, 2.24) is 9.88 Å². The first kappa shape index (κ1) is 16.1. The van der Waals surface area contributed by atoms with Crippen molar-refractivity contribution in [2.45, 2.75) is 13.0 Å². The molecule has 6 heteroatoms. The van der Waals surface area contributed by atoms with Crippen LogP contribution in [-0.2, 0) is 17.7 Å². The summed E-state index contributed by atoms with van der Waals surface area (Å²) in [7, 11) is 0. The molecule has 3 heterocycles. The lowest BCUT2D eigenvalue weighted by atomic mass is 10.0. The highest BCUT2D eigenvalue weighted by Gasteiger charge is 2.20. The Morgan fingerprint density at radius 3 is 3.09 bits per heavy atom. The van der Waals surface area contributed by atoms with Gasteiger partial charge in [-0.15, -0.1) is 11.3 Å². The number of pyridine rings is 1. The predicted molar refractivity (Wildman–Crippen MR) is 90.4 cm³/mol. The Morgan fingerprint density at radius 1 is 1.39 bits per heavy atom. The second-order valence-electron chi connectivity index (χ2n) is 5.84. The molecule has 0 radical (unpaired) electrons. The summed E-state index contributed by atoms with van der Waals surface area (Å²) in [4.78, 5) is 19.4. The first-order valence-corrected chi connectivity index (χ1v) is 8.67. The number of carbonyl (C=O) groups is 1. The van der Waals surface area contributed by atoms with Crippen molar-refractivity contribution in [3.05, 3.63) is 52.0 Å². The number of rotatable bonds is 5. The second-order valence-corrected chi connectivity index (χ2v) is 6.87. The van der Waals surface area contributed by atoms with Crippen LogP contribution < -0.4 is 5.73 Å². The van der Waals surface area contributed by atoms with Gasteiger partial charge >= 0.3 is 0 Å². The molecule has 1 amide bonds. The molecule has 1 aliphatic heterocycles. The van der Waals surface area contributed by atoms with Crippen LogP contribution in [0.5, 0.6) is 0 Å². The van der Waals surface area contributed by atoms with Crippen LogP contribution >= 0.6 is 11.3 Å². The molecule has 1 fully saturated rings. The van der Waals surface area contributed by atoms with Crippen LogP contribution in [0.25, 0.3) is 0 Å². The zero-order valence-electron chi connectivity index (χ0n) is 13.0. The summed E-state index contributed by atoms with van der Waals surface area (Å²) in [5.41, 5.74) is 6.53. The molecule has 2 N–H and O–H groups in total. The van der Waals surface area contributed by atoms with Crippen LogP contribution in [0.4, 0.5) is 0 Å². The molecule has 5 nitrogen and oxygen atoms in total. The number of primary amides is 1. The lowest BCUT2D eigenvalue weighted by Crippen LogP contribution is -2.30. The molecule has 0 spiro atoms. The van der Waals surface area contributed by atoms with E-state index in [1.165, 1.54) is 4.88 Å².